The molecule has 1 saturated heterocycles. The molecule has 0 radical (unpaired) electrons. The number of aromatic nitrogens is 2. The third kappa shape index (κ3) is 6.92. The number of carbonyl (C=O) groups excluding carboxylic acids is 3. The van der Waals surface area contributed by atoms with Crippen LogP contribution in [-0.2, 0) is 24.4 Å². The number of hydrogen-bond acceptors (Lipinski definition) is 10. The zero-order chi connectivity index (χ0) is 35.4. The number of carbonyl (C=O) groups is 3. The molecule has 3 aliphatic carbocycles. The molecule has 7 atom stereocenters. The zero-order valence-corrected chi connectivity index (χ0v) is 29.8. The highest BCUT2D eigenvalue weighted by Gasteiger charge is 2.62. The van der Waals surface area contributed by atoms with Crippen molar-refractivity contribution in [3.63, 3.8) is 0 Å². The van der Waals surface area contributed by atoms with Crippen molar-refractivity contribution in [2.75, 3.05) is 13.7 Å². The van der Waals surface area contributed by atoms with Gasteiger partial charge in [-0.1, -0.05) is 32.4 Å². The van der Waals surface area contributed by atoms with Crippen LogP contribution in [0, 0.1) is 17.8 Å². The number of nitrogens with two attached hydrogens (primary N) is 1. The maximum Gasteiger partial charge on any atom is 0.259 e. The van der Waals surface area contributed by atoms with E-state index in [0.717, 1.165) is 37.8 Å². The monoisotopic (exact) mass is 708 g/mol. The van der Waals surface area contributed by atoms with Crippen molar-refractivity contribution in [3.8, 4) is 11.6 Å². The van der Waals surface area contributed by atoms with Gasteiger partial charge in [-0.15, -0.1) is 0 Å². The topological polar surface area (TPSA) is 183 Å². The Morgan fingerprint density at radius 1 is 1.12 bits per heavy atom. The number of rotatable bonds is 8. The molecule has 3 saturated carbocycles. The maximum absolute atomic E-state index is 14.3. The molecule has 4 N–H and O–H groups in total. The fourth-order valence-corrected chi connectivity index (χ4v) is 8.97. The summed E-state index contributed by atoms with van der Waals surface area (Å²) in [6, 6.07) is 3.64. The molecular weight excluding hydrogens is 660 g/mol. The summed E-state index contributed by atoms with van der Waals surface area (Å²) in [7, 11) is -2.25. The Morgan fingerprint density at radius 3 is 2.60 bits per heavy atom. The minimum Gasteiger partial charge on any atom is -0.497 e. The van der Waals surface area contributed by atoms with E-state index >= 15 is 0 Å². The van der Waals surface area contributed by atoms with Crippen molar-refractivity contribution >= 4 is 38.8 Å². The van der Waals surface area contributed by atoms with Gasteiger partial charge in [0.05, 0.1) is 36.0 Å². The van der Waals surface area contributed by atoms with Crippen LogP contribution in [0.15, 0.2) is 30.4 Å². The lowest BCUT2D eigenvalue weighted by molar-refractivity contribution is -0.141. The van der Waals surface area contributed by atoms with Crippen molar-refractivity contribution < 1.29 is 32.3 Å². The highest BCUT2D eigenvalue weighted by atomic mass is 32.2. The molecule has 1 aromatic heterocycles. The van der Waals surface area contributed by atoms with Gasteiger partial charge in [0.25, 0.3) is 5.91 Å². The maximum atomic E-state index is 14.3. The number of amides is 3. The van der Waals surface area contributed by atoms with Crippen molar-refractivity contribution in [2.45, 2.75) is 113 Å². The minimum absolute atomic E-state index is 0.0849. The van der Waals surface area contributed by atoms with Crippen LogP contribution in [-0.4, -0.2) is 83.6 Å². The van der Waals surface area contributed by atoms with Crippen LogP contribution in [0.2, 0.25) is 0 Å². The summed E-state index contributed by atoms with van der Waals surface area (Å²) >= 11 is 0. The molecule has 0 bridgehead atoms. The van der Waals surface area contributed by atoms with Crippen LogP contribution in [0.3, 0.4) is 0 Å². The quantitative estimate of drug-likeness (QED) is 0.345. The predicted molar refractivity (Wildman–Crippen MR) is 186 cm³/mol. The molecule has 7 rings (SSSR count). The number of allylic oxidation sites excluding steroid dienone is 1. The van der Waals surface area contributed by atoms with E-state index in [1.54, 1.807) is 7.11 Å². The third-order valence-electron chi connectivity index (χ3n) is 11.1. The van der Waals surface area contributed by atoms with Gasteiger partial charge in [0.1, 0.15) is 29.1 Å². The largest absolute Gasteiger partial charge is 0.497 e. The molecule has 1 aromatic carbocycles. The van der Waals surface area contributed by atoms with Gasteiger partial charge in [0, 0.05) is 24.3 Å². The molecule has 5 aliphatic rings. The van der Waals surface area contributed by atoms with E-state index < -0.39 is 50.8 Å². The molecule has 0 unspecified atom stereocenters. The number of ether oxygens (including phenoxy) is 2. The van der Waals surface area contributed by atoms with Gasteiger partial charge in [0.15, 0.2) is 0 Å². The molecule has 14 heteroatoms. The zero-order valence-electron chi connectivity index (χ0n) is 29.0. The average molecular weight is 709 g/mol. The Balaban J connectivity index is 1.19. The van der Waals surface area contributed by atoms with Crippen LogP contribution in [0.1, 0.15) is 89.7 Å². The van der Waals surface area contributed by atoms with E-state index in [9.17, 15) is 22.8 Å². The standard InChI is InChI=1S/C36H48N6O7S/c1-4-21-15-20(2)7-5-6-8-23-18-36(23,35(45)41-50(46,47)26-12-13-26)40-32(43)29-17-25(19-42(29)34(44)30(21)37)49-33-31(22-9-10-22)38-28-16-24(48-3)11-14-27(28)39-33/h6,8,11,14,16,20-23,25-26,29-30H,4-5,7,9-10,12-13,15,17-19,37H2,1-3H3,(H,40,43)(H,41,45)/t20-,21-,23-,25-,29+,30+,36-/m1/s1. The molecule has 0 spiro atoms. The predicted octanol–water partition coefficient (Wildman–Crippen LogP) is 3.08. The summed E-state index contributed by atoms with van der Waals surface area (Å²) in [6.45, 7) is 4.27. The lowest BCUT2D eigenvalue weighted by atomic mass is 9.85. The van der Waals surface area contributed by atoms with Gasteiger partial charge in [-0.25, -0.2) is 18.4 Å². The number of hydrogen-bond donors (Lipinski definition) is 3. The van der Waals surface area contributed by atoms with E-state index in [1.165, 1.54) is 4.90 Å². The Bertz CT molecular complexity index is 1810. The van der Waals surface area contributed by atoms with Crippen LogP contribution in [0.5, 0.6) is 11.6 Å². The van der Waals surface area contributed by atoms with Gasteiger partial charge < -0.3 is 25.4 Å². The van der Waals surface area contributed by atoms with Gasteiger partial charge in [-0.05, 0) is 75.3 Å². The molecule has 3 amide bonds. The first kappa shape index (κ1) is 34.7. The SMILES string of the molecule is CC[C@@H]1C[C@H](C)CCC=C[C@@H]2C[C@@]2(C(=O)NS(=O)(=O)C2CC2)NC(=O)[C@@H]2C[C@@H](Oc3nc4ccc(OC)cc4nc3C3CC3)CN2C(=O)[C@H]1N. The summed E-state index contributed by atoms with van der Waals surface area (Å²) in [5.41, 5.74) is 7.33. The first-order valence-electron chi connectivity index (χ1n) is 18.1. The molecule has 270 valence electrons. The summed E-state index contributed by atoms with van der Waals surface area (Å²) in [5.74, 6) is -0.537. The van der Waals surface area contributed by atoms with Gasteiger partial charge in [0.2, 0.25) is 27.7 Å². The van der Waals surface area contributed by atoms with E-state index in [4.69, 9.17) is 25.2 Å². The lowest BCUT2D eigenvalue weighted by Gasteiger charge is -2.31. The first-order valence-corrected chi connectivity index (χ1v) is 19.6. The number of fused-ring (bicyclic) bond motifs is 3. The number of methoxy groups -OCH3 is 1. The van der Waals surface area contributed by atoms with Crippen LogP contribution < -0.4 is 25.2 Å². The first-order chi connectivity index (χ1) is 23.9. The highest BCUT2D eigenvalue weighted by Crippen LogP contribution is 2.47. The summed E-state index contributed by atoms with van der Waals surface area (Å²) in [6.07, 6.45) is 9.74. The number of sulfonamides is 1. The van der Waals surface area contributed by atoms with Crippen molar-refractivity contribution in [1.29, 1.82) is 0 Å². The van der Waals surface area contributed by atoms with Crippen molar-refractivity contribution in [1.82, 2.24) is 24.9 Å². The summed E-state index contributed by atoms with van der Waals surface area (Å²) < 4.78 is 39.8. The minimum atomic E-state index is -3.85. The lowest BCUT2D eigenvalue weighted by Crippen LogP contribution is -2.58. The number of benzene rings is 1. The smallest absolute Gasteiger partial charge is 0.259 e. The summed E-state index contributed by atoms with van der Waals surface area (Å²) in [4.78, 5) is 53.4. The Morgan fingerprint density at radius 2 is 1.90 bits per heavy atom. The fourth-order valence-electron chi connectivity index (χ4n) is 7.60. The Hall–Kier alpha value is -3.78. The van der Waals surface area contributed by atoms with Gasteiger partial charge in [-0.2, -0.15) is 0 Å². The van der Waals surface area contributed by atoms with Crippen molar-refractivity contribution in [2.24, 2.45) is 23.5 Å². The Labute approximate surface area is 293 Å². The van der Waals surface area contributed by atoms with Crippen LogP contribution in [0.25, 0.3) is 11.0 Å². The second-order valence-electron chi connectivity index (χ2n) is 15.0. The number of nitrogens with one attached hydrogen (secondary N) is 2. The van der Waals surface area contributed by atoms with Gasteiger partial charge in [-0.3, -0.25) is 19.1 Å². The molecule has 50 heavy (non-hydrogen) atoms. The highest BCUT2D eigenvalue weighted by molar-refractivity contribution is 7.91. The molecule has 2 aromatic rings. The fraction of sp³-hybridized carbons (Fsp3) is 0.639. The molecular formula is C36H48N6O7S. The van der Waals surface area contributed by atoms with Gasteiger partial charge >= 0.3 is 0 Å². The van der Waals surface area contributed by atoms with E-state index in [-0.39, 0.29) is 43.0 Å². The van der Waals surface area contributed by atoms with Crippen molar-refractivity contribution in [3.05, 3.63) is 36.0 Å². The molecule has 13 nitrogen and oxygen atoms in total. The summed E-state index contributed by atoms with van der Waals surface area (Å²) in [5, 5.41) is 2.33. The van der Waals surface area contributed by atoms with E-state index in [2.05, 4.69) is 17.0 Å². The second kappa shape index (κ2) is 13.4. The Kier molecular flexibility index (Phi) is 9.29. The second-order valence-corrected chi connectivity index (χ2v) is 17.0. The van der Waals surface area contributed by atoms with E-state index in [0.29, 0.717) is 47.8 Å². The van der Waals surface area contributed by atoms with Crippen LogP contribution >= 0.6 is 0 Å². The molecule has 3 heterocycles. The molecule has 2 aliphatic heterocycles. The van der Waals surface area contributed by atoms with E-state index in [1.807, 2.05) is 37.3 Å². The van der Waals surface area contributed by atoms with Crippen LogP contribution in [0.4, 0.5) is 0 Å². The number of nitrogens with zero attached hydrogens (tertiary/aromatic N) is 3. The normalized spacial score (nSPS) is 32.0. The average Bonchev–Trinajstić information content (AvgIpc) is 3.98. The third-order valence-corrected chi connectivity index (χ3v) is 13.0. The molecule has 4 fully saturated rings.